The van der Waals surface area contributed by atoms with Gasteiger partial charge in [-0.05, 0) is 36.3 Å². The summed E-state index contributed by atoms with van der Waals surface area (Å²) in [5, 5.41) is 0. The number of benzene rings is 2. The van der Waals surface area contributed by atoms with Crippen LogP contribution in [-0.2, 0) is 16.1 Å². The molecule has 21 heavy (non-hydrogen) atoms. The number of ether oxygens (including phenoxy) is 2. The zero-order valence-corrected chi connectivity index (χ0v) is 12.0. The molecule has 0 aliphatic carbocycles. The molecule has 0 N–H and O–H groups in total. The molecule has 0 radical (unpaired) electrons. The third-order valence-electron chi connectivity index (χ3n) is 2.81. The van der Waals surface area contributed by atoms with Crippen molar-refractivity contribution in [1.82, 2.24) is 0 Å². The van der Waals surface area contributed by atoms with Crippen molar-refractivity contribution >= 4 is 11.9 Å². The Balaban J connectivity index is 1.75. The Morgan fingerprint density at radius 2 is 1.76 bits per heavy atom. The van der Waals surface area contributed by atoms with Gasteiger partial charge in [-0.3, -0.25) is 4.79 Å². The molecule has 3 nitrogen and oxygen atoms in total. The lowest BCUT2D eigenvalue weighted by Gasteiger charge is -2.07. The minimum Gasteiger partial charge on any atom is -0.468 e. The number of carbonyl (C=O) groups excluding carboxylic acids is 1. The molecule has 3 heteroatoms. The van der Waals surface area contributed by atoms with Crippen LogP contribution in [0.2, 0.25) is 0 Å². The number of ketones is 1. The Hall–Kier alpha value is -2.39. The Kier molecular flexibility index (Phi) is 5.73. The normalized spacial score (nSPS) is 10.7. The number of allylic oxidation sites excluding steroid dienone is 1. The van der Waals surface area contributed by atoms with Gasteiger partial charge in [0.15, 0.2) is 12.6 Å². The van der Waals surface area contributed by atoms with Crippen molar-refractivity contribution in [1.29, 1.82) is 0 Å². The van der Waals surface area contributed by atoms with Crippen LogP contribution in [0.25, 0.3) is 6.08 Å². The molecule has 0 spiro atoms. The number of carbonyl (C=O) groups is 1. The molecule has 0 saturated carbocycles. The van der Waals surface area contributed by atoms with Crippen LogP contribution in [0.15, 0.2) is 60.7 Å². The summed E-state index contributed by atoms with van der Waals surface area (Å²) in [6.07, 6.45) is 3.32. The highest BCUT2D eigenvalue weighted by atomic mass is 16.7. The molecule has 0 atom stereocenters. The van der Waals surface area contributed by atoms with Crippen LogP contribution < -0.4 is 4.74 Å². The molecular formula is C18H18O3. The lowest BCUT2D eigenvalue weighted by atomic mass is 10.2. The predicted octanol–water partition coefficient (Wildman–Crippen LogP) is 3.84. The average molecular weight is 282 g/mol. The lowest BCUT2D eigenvalue weighted by Crippen LogP contribution is -2.02. The topological polar surface area (TPSA) is 35.5 Å². The summed E-state index contributed by atoms with van der Waals surface area (Å²) in [5.41, 5.74) is 2.08. The van der Waals surface area contributed by atoms with Gasteiger partial charge < -0.3 is 9.47 Å². The zero-order chi connectivity index (χ0) is 14.9. The van der Waals surface area contributed by atoms with Crippen LogP contribution in [0.3, 0.4) is 0 Å². The molecular weight excluding hydrogens is 264 g/mol. The quantitative estimate of drug-likeness (QED) is 0.440. The second-order valence-electron chi connectivity index (χ2n) is 4.61. The van der Waals surface area contributed by atoms with Crippen molar-refractivity contribution in [3.05, 3.63) is 71.8 Å². The fourth-order valence-corrected chi connectivity index (χ4v) is 1.73. The first-order chi connectivity index (χ1) is 10.2. The molecule has 2 rings (SSSR count). The molecule has 0 saturated heterocycles. The van der Waals surface area contributed by atoms with Gasteiger partial charge in [-0.25, -0.2) is 0 Å². The highest BCUT2D eigenvalue weighted by Gasteiger charge is 1.95. The maximum absolute atomic E-state index is 10.8. The molecule has 108 valence electrons. The van der Waals surface area contributed by atoms with Gasteiger partial charge in [0.25, 0.3) is 0 Å². The van der Waals surface area contributed by atoms with Crippen molar-refractivity contribution in [3.8, 4) is 5.75 Å². The van der Waals surface area contributed by atoms with Crippen LogP contribution in [0.5, 0.6) is 5.75 Å². The van der Waals surface area contributed by atoms with Gasteiger partial charge in [0, 0.05) is 0 Å². The maximum Gasteiger partial charge on any atom is 0.189 e. The number of hydrogen-bond donors (Lipinski definition) is 0. The van der Waals surface area contributed by atoms with Crippen molar-refractivity contribution in [2.45, 2.75) is 13.5 Å². The van der Waals surface area contributed by atoms with Crippen LogP contribution in [0, 0.1) is 0 Å². The highest BCUT2D eigenvalue weighted by Crippen LogP contribution is 2.13. The van der Waals surface area contributed by atoms with E-state index < -0.39 is 0 Å². The molecule has 2 aromatic carbocycles. The number of rotatable bonds is 7. The summed E-state index contributed by atoms with van der Waals surface area (Å²) in [7, 11) is 0. The summed E-state index contributed by atoms with van der Waals surface area (Å²) < 4.78 is 10.9. The highest BCUT2D eigenvalue weighted by molar-refractivity contribution is 5.91. The summed E-state index contributed by atoms with van der Waals surface area (Å²) >= 11 is 0. The Morgan fingerprint density at radius 1 is 1.05 bits per heavy atom. The van der Waals surface area contributed by atoms with Crippen molar-refractivity contribution in [2.24, 2.45) is 0 Å². The van der Waals surface area contributed by atoms with Gasteiger partial charge in [-0.1, -0.05) is 48.5 Å². The Morgan fingerprint density at radius 3 is 2.43 bits per heavy atom. The number of hydrogen-bond acceptors (Lipinski definition) is 3. The van der Waals surface area contributed by atoms with Crippen LogP contribution >= 0.6 is 0 Å². The third kappa shape index (κ3) is 5.63. The van der Waals surface area contributed by atoms with E-state index in [4.69, 9.17) is 9.47 Å². The molecule has 0 aromatic heterocycles. The smallest absolute Gasteiger partial charge is 0.189 e. The molecule has 0 amide bonds. The van der Waals surface area contributed by atoms with Crippen molar-refractivity contribution in [2.75, 3.05) is 6.79 Å². The molecule has 0 bridgehead atoms. The summed E-state index contributed by atoms with van der Waals surface area (Å²) in [5.74, 6) is 0.771. The Labute approximate surface area is 124 Å². The fraction of sp³-hybridized carbons (Fsp3) is 0.167. The average Bonchev–Trinajstić information content (AvgIpc) is 2.52. The second kappa shape index (κ2) is 8.02. The minimum absolute atomic E-state index is 0.0321. The fourth-order valence-electron chi connectivity index (χ4n) is 1.73. The monoisotopic (exact) mass is 282 g/mol. The molecule has 0 fully saturated rings. The third-order valence-corrected chi connectivity index (χ3v) is 2.81. The van der Waals surface area contributed by atoms with E-state index in [9.17, 15) is 4.79 Å². The van der Waals surface area contributed by atoms with Gasteiger partial charge in [-0.15, -0.1) is 0 Å². The van der Waals surface area contributed by atoms with Crippen LogP contribution in [0.1, 0.15) is 18.1 Å². The van der Waals surface area contributed by atoms with Crippen molar-refractivity contribution < 1.29 is 14.3 Å². The van der Waals surface area contributed by atoms with E-state index in [1.807, 2.05) is 54.6 Å². The lowest BCUT2D eigenvalue weighted by molar-refractivity contribution is -0.112. The molecule has 0 unspecified atom stereocenters. The first-order valence-electron chi connectivity index (χ1n) is 6.77. The summed E-state index contributed by atoms with van der Waals surface area (Å²) in [4.78, 5) is 10.8. The van der Waals surface area contributed by atoms with E-state index in [1.54, 1.807) is 12.2 Å². The van der Waals surface area contributed by atoms with E-state index >= 15 is 0 Å². The molecule has 0 heterocycles. The zero-order valence-electron chi connectivity index (χ0n) is 12.0. The second-order valence-corrected chi connectivity index (χ2v) is 4.61. The standard InChI is InChI=1S/C18H18O3/c1-15(19)7-8-16-9-11-18(12-10-16)21-14-20-13-17-5-3-2-4-6-17/h2-12H,13-14H2,1H3/b8-7+. The van der Waals surface area contributed by atoms with Gasteiger partial charge in [0.2, 0.25) is 0 Å². The van der Waals surface area contributed by atoms with E-state index in [-0.39, 0.29) is 12.6 Å². The predicted molar refractivity (Wildman–Crippen MR) is 82.9 cm³/mol. The Bertz CT molecular complexity index is 586. The van der Waals surface area contributed by atoms with Gasteiger partial charge in [-0.2, -0.15) is 0 Å². The summed E-state index contributed by atoms with van der Waals surface area (Å²) in [6.45, 7) is 2.26. The van der Waals surface area contributed by atoms with Crippen LogP contribution in [0.4, 0.5) is 0 Å². The molecule has 2 aromatic rings. The maximum atomic E-state index is 10.8. The largest absolute Gasteiger partial charge is 0.468 e. The van der Waals surface area contributed by atoms with E-state index in [1.165, 1.54) is 6.92 Å². The van der Waals surface area contributed by atoms with Crippen molar-refractivity contribution in [3.63, 3.8) is 0 Å². The first-order valence-corrected chi connectivity index (χ1v) is 6.77. The summed E-state index contributed by atoms with van der Waals surface area (Å²) in [6, 6.07) is 17.4. The van der Waals surface area contributed by atoms with Gasteiger partial charge in [0.1, 0.15) is 5.75 Å². The van der Waals surface area contributed by atoms with Gasteiger partial charge in [0.05, 0.1) is 6.61 Å². The van der Waals surface area contributed by atoms with Gasteiger partial charge >= 0.3 is 0 Å². The minimum atomic E-state index is 0.0321. The first kappa shape index (κ1) is 15.0. The molecule has 0 aliphatic heterocycles. The van der Waals surface area contributed by atoms with Crippen LogP contribution in [-0.4, -0.2) is 12.6 Å². The van der Waals surface area contributed by atoms with E-state index in [0.29, 0.717) is 6.61 Å². The SMILES string of the molecule is CC(=O)/C=C/c1ccc(OCOCc2ccccc2)cc1. The molecule has 0 aliphatic rings. The van der Waals surface area contributed by atoms with E-state index in [2.05, 4.69) is 0 Å². The van der Waals surface area contributed by atoms with E-state index in [0.717, 1.165) is 16.9 Å².